The van der Waals surface area contributed by atoms with Gasteiger partial charge in [-0.15, -0.1) is 4.28 Å². The molecule has 0 aliphatic carbocycles. The van der Waals surface area contributed by atoms with Crippen LogP contribution in [0.15, 0.2) is 0 Å². The van der Waals surface area contributed by atoms with Gasteiger partial charge in [0.15, 0.2) is 0 Å². The van der Waals surface area contributed by atoms with E-state index in [0.29, 0.717) is 0 Å². The number of amides is 1. The molecule has 64 valence electrons. The fourth-order valence-corrected chi connectivity index (χ4v) is 1.14. The third kappa shape index (κ3) is 1.41. The monoisotopic (exact) mass is 180 g/mol. The minimum absolute atomic E-state index is 0.335. The fourth-order valence-electron chi connectivity index (χ4n) is 0.791. The number of nitrogens with two attached hydrogens (primary N) is 1. The van der Waals surface area contributed by atoms with Gasteiger partial charge >= 0.3 is 11.4 Å². The van der Waals surface area contributed by atoms with Crippen molar-refractivity contribution >= 4 is 17.3 Å². The van der Waals surface area contributed by atoms with Gasteiger partial charge in [-0.25, -0.2) is 0 Å². The van der Waals surface area contributed by atoms with Gasteiger partial charge in [0.1, 0.15) is 6.04 Å². The summed E-state index contributed by atoms with van der Waals surface area (Å²) < 4.78 is 22.5. The average Bonchev–Trinajstić information content (AvgIpc) is 1.98. The Labute approximate surface area is 65.7 Å². The number of hydrogen-bond donors (Lipinski definition) is 2. The van der Waals surface area contributed by atoms with E-state index in [1.54, 1.807) is 6.92 Å². The standard InChI is InChI=1S/C4H8N2O4S/c1-2-3(5)4(7)6(2)10-11(8)9/h2-3H,5H2,1H3,(H,8,9)/t2-,3?/m0/s1. The zero-order valence-corrected chi connectivity index (χ0v) is 6.58. The summed E-state index contributed by atoms with van der Waals surface area (Å²) in [6.07, 6.45) is 0. The van der Waals surface area contributed by atoms with Crippen molar-refractivity contribution in [2.75, 3.05) is 0 Å². The lowest BCUT2D eigenvalue weighted by Crippen LogP contribution is -2.66. The number of carbonyl (C=O) groups is 1. The lowest BCUT2D eigenvalue weighted by molar-refractivity contribution is -0.191. The minimum atomic E-state index is -2.45. The van der Waals surface area contributed by atoms with Crippen molar-refractivity contribution in [1.29, 1.82) is 0 Å². The van der Waals surface area contributed by atoms with Gasteiger partial charge in [0, 0.05) is 0 Å². The SMILES string of the molecule is C[C@H]1C(N)C(=O)N1OS(=O)O. The van der Waals surface area contributed by atoms with Crippen LogP contribution in [-0.2, 0) is 20.4 Å². The highest BCUT2D eigenvalue weighted by Crippen LogP contribution is 2.18. The lowest BCUT2D eigenvalue weighted by atomic mass is 10.0. The fraction of sp³-hybridized carbons (Fsp3) is 0.750. The molecule has 1 saturated heterocycles. The molecule has 7 heteroatoms. The number of nitrogens with zero attached hydrogens (tertiary/aromatic N) is 1. The number of β-lactam (4-membered cyclic amide) rings is 1. The summed E-state index contributed by atoms with van der Waals surface area (Å²) in [5.74, 6) is -0.472. The third-order valence-corrected chi connectivity index (χ3v) is 1.82. The van der Waals surface area contributed by atoms with E-state index in [1.165, 1.54) is 0 Å². The summed E-state index contributed by atoms with van der Waals surface area (Å²) in [7, 11) is 0. The minimum Gasteiger partial charge on any atom is -0.318 e. The first-order valence-corrected chi connectivity index (χ1v) is 3.95. The summed E-state index contributed by atoms with van der Waals surface area (Å²) in [5.41, 5.74) is 5.28. The van der Waals surface area contributed by atoms with Gasteiger partial charge in [0.2, 0.25) is 0 Å². The Morgan fingerprint density at radius 2 is 2.36 bits per heavy atom. The molecule has 0 saturated carbocycles. The lowest BCUT2D eigenvalue weighted by Gasteiger charge is -2.39. The third-order valence-electron chi connectivity index (χ3n) is 1.54. The van der Waals surface area contributed by atoms with Crippen LogP contribution in [-0.4, -0.2) is 31.8 Å². The van der Waals surface area contributed by atoms with Crippen LogP contribution in [0.4, 0.5) is 0 Å². The Bertz CT molecular complexity index is 208. The largest absolute Gasteiger partial charge is 0.325 e. The molecule has 0 aromatic carbocycles. The maximum atomic E-state index is 10.7. The summed E-state index contributed by atoms with van der Waals surface area (Å²) >= 11 is -2.45. The molecule has 0 bridgehead atoms. The topological polar surface area (TPSA) is 92.9 Å². The van der Waals surface area contributed by atoms with E-state index in [2.05, 4.69) is 4.28 Å². The molecule has 0 aromatic heterocycles. The van der Waals surface area contributed by atoms with Gasteiger partial charge in [-0.1, -0.05) is 0 Å². The van der Waals surface area contributed by atoms with Crippen molar-refractivity contribution < 1.29 is 17.8 Å². The highest BCUT2D eigenvalue weighted by atomic mass is 32.2. The average molecular weight is 180 g/mol. The Hall–Kier alpha value is -0.500. The van der Waals surface area contributed by atoms with E-state index >= 15 is 0 Å². The van der Waals surface area contributed by atoms with Crippen molar-refractivity contribution in [3.8, 4) is 0 Å². The van der Waals surface area contributed by atoms with Crippen molar-refractivity contribution in [3.05, 3.63) is 0 Å². The quantitative estimate of drug-likeness (QED) is 0.403. The van der Waals surface area contributed by atoms with Crippen LogP contribution in [0.5, 0.6) is 0 Å². The van der Waals surface area contributed by atoms with Gasteiger partial charge in [-0.2, -0.15) is 9.27 Å². The zero-order valence-electron chi connectivity index (χ0n) is 5.76. The zero-order chi connectivity index (χ0) is 8.59. The van der Waals surface area contributed by atoms with E-state index in [4.69, 9.17) is 10.3 Å². The summed E-state index contributed by atoms with van der Waals surface area (Å²) in [5, 5.41) is 0.792. The molecule has 1 amide bonds. The maximum absolute atomic E-state index is 10.7. The van der Waals surface area contributed by atoms with Gasteiger partial charge in [-0.3, -0.25) is 9.35 Å². The molecule has 0 spiro atoms. The Kier molecular flexibility index (Phi) is 2.23. The maximum Gasteiger partial charge on any atom is 0.325 e. The normalized spacial score (nSPS) is 33.4. The number of hydroxylamine groups is 2. The van der Waals surface area contributed by atoms with Crippen molar-refractivity contribution in [3.63, 3.8) is 0 Å². The Morgan fingerprint density at radius 1 is 1.82 bits per heavy atom. The van der Waals surface area contributed by atoms with Gasteiger partial charge in [0.05, 0.1) is 6.04 Å². The van der Waals surface area contributed by atoms with Gasteiger partial charge in [0.25, 0.3) is 5.91 Å². The second kappa shape index (κ2) is 2.86. The number of rotatable bonds is 2. The summed E-state index contributed by atoms with van der Waals surface area (Å²) in [4.78, 5) is 10.7. The van der Waals surface area contributed by atoms with Gasteiger partial charge < -0.3 is 5.73 Å². The summed E-state index contributed by atoms with van der Waals surface area (Å²) in [6.45, 7) is 1.62. The number of carbonyl (C=O) groups excluding carboxylic acids is 1. The molecule has 2 unspecified atom stereocenters. The van der Waals surface area contributed by atoms with E-state index in [1.807, 2.05) is 0 Å². The van der Waals surface area contributed by atoms with E-state index in [9.17, 15) is 9.00 Å². The van der Waals surface area contributed by atoms with E-state index in [0.717, 1.165) is 5.06 Å². The van der Waals surface area contributed by atoms with Crippen LogP contribution in [0, 0.1) is 0 Å². The van der Waals surface area contributed by atoms with Crippen LogP contribution in [0.2, 0.25) is 0 Å². The molecule has 3 atom stereocenters. The molecular formula is C4H8N2O4S. The molecule has 1 fully saturated rings. The van der Waals surface area contributed by atoms with E-state index < -0.39 is 23.3 Å². The first kappa shape index (κ1) is 8.60. The first-order chi connectivity index (χ1) is 5.04. The van der Waals surface area contributed by atoms with Crippen molar-refractivity contribution in [1.82, 2.24) is 5.06 Å². The Morgan fingerprint density at radius 3 is 2.73 bits per heavy atom. The van der Waals surface area contributed by atoms with Crippen LogP contribution in [0.25, 0.3) is 0 Å². The molecule has 1 aliphatic rings. The summed E-state index contributed by atoms with van der Waals surface area (Å²) in [6, 6.07) is -0.947. The predicted molar refractivity (Wildman–Crippen MR) is 36.1 cm³/mol. The Balaban J connectivity index is 2.49. The van der Waals surface area contributed by atoms with Crippen LogP contribution < -0.4 is 5.73 Å². The molecule has 1 aliphatic heterocycles. The van der Waals surface area contributed by atoms with Crippen molar-refractivity contribution in [2.24, 2.45) is 5.73 Å². The van der Waals surface area contributed by atoms with Crippen LogP contribution in [0.3, 0.4) is 0 Å². The molecule has 3 N–H and O–H groups in total. The predicted octanol–water partition coefficient (Wildman–Crippen LogP) is -1.39. The second-order valence-electron chi connectivity index (χ2n) is 2.22. The van der Waals surface area contributed by atoms with Crippen LogP contribution >= 0.6 is 0 Å². The van der Waals surface area contributed by atoms with Crippen molar-refractivity contribution in [2.45, 2.75) is 19.0 Å². The first-order valence-electron chi connectivity index (χ1n) is 2.92. The molecule has 1 rings (SSSR count). The molecule has 0 radical (unpaired) electrons. The highest BCUT2D eigenvalue weighted by molar-refractivity contribution is 7.74. The van der Waals surface area contributed by atoms with Crippen LogP contribution in [0.1, 0.15) is 6.92 Å². The highest BCUT2D eigenvalue weighted by Gasteiger charge is 2.44. The van der Waals surface area contributed by atoms with E-state index in [-0.39, 0.29) is 6.04 Å². The molecule has 6 nitrogen and oxygen atoms in total. The number of hydrogen-bond acceptors (Lipinski definition) is 4. The molecule has 0 aromatic rings. The smallest absolute Gasteiger partial charge is 0.318 e. The molecule has 1 heterocycles. The van der Waals surface area contributed by atoms with Gasteiger partial charge in [-0.05, 0) is 6.92 Å². The second-order valence-corrected chi connectivity index (χ2v) is 2.81. The molecule has 11 heavy (non-hydrogen) atoms. The molecular weight excluding hydrogens is 172 g/mol.